The number of aryl methyl sites for hydroxylation is 1. The van der Waals surface area contributed by atoms with E-state index in [-0.39, 0.29) is 18.0 Å². The molecule has 0 aromatic carbocycles. The molecule has 2 atom stereocenters. The zero-order valence-corrected chi connectivity index (χ0v) is 11.2. The smallest absolute Gasteiger partial charge is 0.244 e. The molecule has 1 rings (SSSR count). The van der Waals surface area contributed by atoms with Crippen LogP contribution in [0.15, 0.2) is 0 Å². The van der Waals surface area contributed by atoms with E-state index in [1.54, 1.807) is 4.68 Å². The number of amides is 1. The van der Waals surface area contributed by atoms with Gasteiger partial charge < -0.3 is 11.1 Å². The van der Waals surface area contributed by atoms with Gasteiger partial charge in [0.05, 0.1) is 17.1 Å². The number of carbonyl (C=O) groups is 1. The molecular formula is C12H22N4O. The number of rotatable bonds is 4. The molecule has 0 spiro atoms. The summed E-state index contributed by atoms with van der Waals surface area (Å²) < 4.78 is 1.68. The van der Waals surface area contributed by atoms with Crippen molar-refractivity contribution in [2.75, 3.05) is 5.73 Å². The van der Waals surface area contributed by atoms with Gasteiger partial charge in [0.25, 0.3) is 0 Å². The lowest BCUT2D eigenvalue weighted by atomic mass is 10.2. The summed E-state index contributed by atoms with van der Waals surface area (Å²) >= 11 is 0. The summed E-state index contributed by atoms with van der Waals surface area (Å²) in [6.45, 7) is 9.58. The molecule has 3 N–H and O–H groups in total. The van der Waals surface area contributed by atoms with Gasteiger partial charge in [0, 0.05) is 6.04 Å². The summed E-state index contributed by atoms with van der Waals surface area (Å²) in [5, 5.41) is 7.24. The number of aromatic nitrogens is 2. The molecule has 0 saturated heterocycles. The van der Waals surface area contributed by atoms with Crippen LogP contribution in [0.4, 0.5) is 5.69 Å². The molecule has 5 heteroatoms. The van der Waals surface area contributed by atoms with Crippen molar-refractivity contribution in [3.8, 4) is 0 Å². The van der Waals surface area contributed by atoms with Crippen molar-refractivity contribution in [3.05, 3.63) is 11.4 Å². The number of nitrogens with two attached hydrogens (primary N) is 1. The number of hydrogen-bond acceptors (Lipinski definition) is 3. The minimum absolute atomic E-state index is 0.0232. The van der Waals surface area contributed by atoms with E-state index < -0.39 is 0 Å². The van der Waals surface area contributed by atoms with Gasteiger partial charge in [-0.15, -0.1) is 0 Å². The molecule has 0 bridgehead atoms. The zero-order chi connectivity index (χ0) is 13.2. The Morgan fingerprint density at radius 3 is 2.47 bits per heavy atom. The number of hydrogen-bond donors (Lipinski definition) is 2. The Balaban J connectivity index is 2.85. The molecule has 0 aliphatic rings. The number of nitrogen functional groups attached to an aromatic ring is 1. The molecule has 17 heavy (non-hydrogen) atoms. The van der Waals surface area contributed by atoms with Crippen molar-refractivity contribution < 1.29 is 4.79 Å². The lowest BCUT2D eigenvalue weighted by Crippen LogP contribution is -2.37. The van der Waals surface area contributed by atoms with Crippen molar-refractivity contribution in [2.45, 2.75) is 53.1 Å². The molecule has 1 aromatic heterocycles. The van der Waals surface area contributed by atoms with E-state index in [0.717, 1.165) is 17.8 Å². The van der Waals surface area contributed by atoms with Crippen molar-refractivity contribution in [1.82, 2.24) is 15.1 Å². The maximum absolute atomic E-state index is 12.0. The maximum atomic E-state index is 12.0. The fraction of sp³-hybridized carbons (Fsp3) is 0.667. The van der Waals surface area contributed by atoms with E-state index >= 15 is 0 Å². The molecule has 96 valence electrons. The van der Waals surface area contributed by atoms with E-state index in [9.17, 15) is 4.79 Å². The lowest BCUT2D eigenvalue weighted by Gasteiger charge is -2.17. The number of anilines is 1. The van der Waals surface area contributed by atoms with Gasteiger partial charge in [-0.25, -0.2) is 0 Å². The van der Waals surface area contributed by atoms with Gasteiger partial charge in [-0.3, -0.25) is 9.48 Å². The summed E-state index contributed by atoms with van der Waals surface area (Å²) in [5.74, 6) is -0.0232. The number of nitrogens with one attached hydrogen (secondary N) is 1. The molecular weight excluding hydrogens is 216 g/mol. The highest BCUT2D eigenvalue weighted by Crippen LogP contribution is 2.19. The summed E-state index contributed by atoms with van der Waals surface area (Å²) in [4.78, 5) is 12.0. The monoisotopic (exact) mass is 238 g/mol. The third kappa shape index (κ3) is 2.78. The van der Waals surface area contributed by atoms with E-state index in [0.29, 0.717) is 5.69 Å². The van der Waals surface area contributed by atoms with Crippen LogP contribution >= 0.6 is 0 Å². The summed E-state index contributed by atoms with van der Waals surface area (Å²) in [6.07, 6.45) is 0.914. The first-order valence-corrected chi connectivity index (χ1v) is 6.00. The molecule has 0 aliphatic heterocycles. The van der Waals surface area contributed by atoms with Gasteiger partial charge in [-0.1, -0.05) is 6.92 Å². The molecule has 5 nitrogen and oxygen atoms in total. The van der Waals surface area contributed by atoms with Crippen LogP contribution in [0.25, 0.3) is 0 Å². The Morgan fingerprint density at radius 1 is 1.47 bits per heavy atom. The van der Waals surface area contributed by atoms with Crippen molar-refractivity contribution in [3.63, 3.8) is 0 Å². The second kappa shape index (κ2) is 5.21. The highest BCUT2D eigenvalue weighted by atomic mass is 16.2. The lowest BCUT2D eigenvalue weighted by molar-refractivity contribution is -0.124. The average molecular weight is 238 g/mol. The van der Waals surface area contributed by atoms with E-state index in [2.05, 4.69) is 10.4 Å². The highest BCUT2D eigenvalue weighted by Gasteiger charge is 2.20. The van der Waals surface area contributed by atoms with Crippen LogP contribution in [0.2, 0.25) is 0 Å². The molecule has 0 saturated carbocycles. The first kappa shape index (κ1) is 13.5. The first-order chi connectivity index (χ1) is 7.88. The predicted molar refractivity (Wildman–Crippen MR) is 68.7 cm³/mol. The normalized spacial score (nSPS) is 14.4. The average Bonchev–Trinajstić information content (AvgIpc) is 2.55. The molecule has 1 amide bonds. The predicted octanol–water partition coefficient (Wildman–Crippen LogP) is 1.56. The third-order valence-corrected chi connectivity index (χ3v) is 3.13. The third-order valence-electron chi connectivity index (χ3n) is 3.13. The minimum Gasteiger partial charge on any atom is -0.396 e. The summed E-state index contributed by atoms with van der Waals surface area (Å²) in [5.41, 5.74) is 8.12. The van der Waals surface area contributed by atoms with E-state index in [4.69, 9.17) is 5.73 Å². The van der Waals surface area contributed by atoms with Crippen LogP contribution in [-0.2, 0) is 4.79 Å². The molecule has 0 radical (unpaired) electrons. The Morgan fingerprint density at radius 2 is 2.06 bits per heavy atom. The molecule has 1 heterocycles. The molecule has 1 aromatic rings. The van der Waals surface area contributed by atoms with Crippen LogP contribution in [0, 0.1) is 13.8 Å². The van der Waals surface area contributed by atoms with Crippen LogP contribution in [0.3, 0.4) is 0 Å². The van der Waals surface area contributed by atoms with Crippen molar-refractivity contribution >= 4 is 11.6 Å². The van der Waals surface area contributed by atoms with Crippen LogP contribution in [0.1, 0.15) is 44.6 Å². The number of nitrogens with zero attached hydrogens (tertiary/aromatic N) is 2. The standard InChI is InChI=1S/C12H22N4O/c1-6-7(2)14-12(17)10(5)16-9(4)11(13)8(3)15-16/h7,10H,6,13H2,1-5H3,(H,14,17). The highest BCUT2D eigenvalue weighted by molar-refractivity contribution is 5.80. The number of carbonyl (C=O) groups excluding carboxylic acids is 1. The van der Waals surface area contributed by atoms with Crippen molar-refractivity contribution in [2.24, 2.45) is 0 Å². The van der Waals surface area contributed by atoms with Gasteiger partial charge in [-0.05, 0) is 34.1 Å². The van der Waals surface area contributed by atoms with Crippen molar-refractivity contribution in [1.29, 1.82) is 0 Å². The fourth-order valence-electron chi connectivity index (χ4n) is 1.63. The Labute approximate surface area is 102 Å². The quantitative estimate of drug-likeness (QED) is 0.836. The molecule has 0 fully saturated rings. The summed E-state index contributed by atoms with van der Waals surface area (Å²) in [7, 11) is 0. The zero-order valence-electron chi connectivity index (χ0n) is 11.2. The largest absolute Gasteiger partial charge is 0.396 e. The van der Waals surface area contributed by atoms with Gasteiger partial charge >= 0.3 is 0 Å². The minimum atomic E-state index is -0.333. The summed E-state index contributed by atoms with van der Waals surface area (Å²) in [6, 6.07) is -0.153. The Bertz CT molecular complexity index is 411. The SMILES string of the molecule is CCC(C)NC(=O)C(C)n1nc(C)c(N)c1C. The fourth-order valence-corrected chi connectivity index (χ4v) is 1.63. The van der Waals surface area contributed by atoms with Gasteiger partial charge in [0.2, 0.25) is 5.91 Å². The second-order valence-corrected chi connectivity index (χ2v) is 4.52. The van der Waals surface area contributed by atoms with Gasteiger partial charge in [0.1, 0.15) is 6.04 Å². The molecule has 2 unspecified atom stereocenters. The van der Waals surface area contributed by atoms with E-state index in [1.165, 1.54) is 0 Å². The molecule has 0 aliphatic carbocycles. The maximum Gasteiger partial charge on any atom is 0.244 e. The van der Waals surface area contributed by atoms with Crippen LogP contribution < -0.4 is 11.1 Å². The van der Waals surface area contributed by atoms with Gasteiger partial charge in [0.15, 0.2) is 0 Å². The van der Waals surface area contributed by atoms with Gasteiger partial charge in [-0.2, -0.15) is 5.10 Å². The van der Waals surface area contributed by atoms with Crippen LogP contribution in [0.5, 0.6) is 0 Å². The topological polar surface area (TPSA) is 72.9 Å². The first-order valence-electron chi connectivity index (χ1n) is 6.00. The second-order valence-electron chi connectivity index (χ2n) is 4.52. The van der Waals surface area contributed by atoms with Crippen LogP contribution in [-0.4, -0.2) is 21.7 Å². The Kier molecular flexibility index (Phi) is 4.15. The van der Waals surface area contributed by atoms with E-state index in [1.807, 2.05) is 34.6 Å². The Hall–Kier alpha value is -1.52.